The van der Waals surface area contributed by atoms with Crippen molar-refractivity contribution in [1.29, 1.82) is 0 Å². The second-order valence-electron chi connectivity index (χ2n) is 3.23. The summed E-state index contributed by atoms with van der Waals surface area (Å²) in [6, 6.07) is 0. The minimum atomic E-state index is 0.0682. The Balaban J connectivity index is 2.24. The number of aromatic nitrogens is 2. The molecule has 0 radical (unpaired) electrons. The molecule has 14 heavy (non-hydrogen) atoms. The molecular weight excluding hydrogens is 267 g/mol. The third-order valence-corrected chi connectivity index (χ3v) is 3.02. The molecule has 0 aliphatic carbocycles. The summed E-state index contributed by atoms with van der Waals surface area (Å²) in [6.45, 7) is 0.804. The van der Waals surface area contributed by atoms with Crippen molar-refractivity contribution < 1.29 is 4.74 Å². The average molecular weight is 278 g/mol. The maximum atomic E-state index is 5.74. The molecule has 1 saturated heterocycles. The Bertz CT molecular complexity index is 329. The Morgan fingerprint density at radius 3 is 3.07 bits per heavy atom. The van der Waals surface area contributed by atoms with Crippen LogP contribution in [0.25, 0.3) is 0 Å². The Kier molecular flexibility index (Phi) is 3.36. The highest BCUT2D eigenvalue weighted by atomic mass is 79.9. The molecule has 0 amide bonds. The molecule has 0 saturated carbocycles. The highest BCUT2D eigenvalue weighted by molar-refractivity contribution is 9.10. The normalized spacial score (nSPS) is 22.3. The highest BCUT2D eigenvalue weighted by Gasteiger charge is 2.20. The van der Waals surface area contributed by atoms with E-state index in [1.807, 2.05) is 0 Å². The topological polar surface area (TPSA) is 35.0 Å². The molecule has 1 aromatic heterocycles. The number of ether oxygens (including phenoxy) is 1. The fourth-order valence-corrected chi connectivity index (χ4v) is 2.13. The van der Waals surface area contributed by atoms with E-state index in [1.165, 1.54) is 6.42 Å². The molecule has 3 nitrogen and oxygen atoms in total. The van der Waals surface area contributed by atoms with Crippen molar-refractivity contribution in [1.82, 2.24) is 9.97 Å². The molecule has 1 atom stereocenters. The van der Waals surface area contributed by atoms with E-state index in [4.69, 9.17) is 16.3 Å². The fourth-order valence-electron chi connectivity index (χ4n) is 1.54. The lowest BCUT2D eigenvalue weighted by Crippen LogP contribution is -2.13. The second-order valence-corrected chi connectivity index (χ2v) is 4.42. The smallest absolute Gasteiger partial charge is 0.222 e. The van der Waals surface area contributed by atoms with Crippen LogP contribution in [-0.2, 0) is 4.74 Å². The Hall–Kier alpha value is -0.190. The molecule has 1 fully saturated rings. The molecule has 1 aliphatic rings. The number of nitrogens with zero attached hydrogens (tertiary/aromatic N) is 2. The Labute approximate surface area is 96.0 Å². The van der Waals surface area contributed by atoms with Crippen molar-refractivity contribution in [3.63, 3.8) is 0 Å². The summed E-state index contributed by atoms with van der Waals surface area (Å²) in [6.07, 6.45) is 5.05. The summed E-state index contributed by atoms with van der Waals surface area (Å²) < 4.78 is 6.49. The van der Waals surface area contributed by atoms with E-state index in [0.717, 1.165) is 29.6 Å². The van der Waals surface area contributed by atoms with E-state index in [0.29, 0.717) is 0 Å². The van der Waals surface area contributed by atoms with Gasteiger partial charge in [0.2, 0.25) is 5.28 Å². The van der Waals surface area contributed by atoms with Crippen LogP contribution in [0.2, 0.25) is 5.28 Å². The van der Waals surface area contributed by atoms with Gasteiger partial charge < -0.3 is 4.74 Å². The zero-order valence-corrected chi connectivity index (χ0v) is 9.88. The van der Waals surface area contributed by atoms with Gasteiger partial charge in [-0.25, -0.2) is 9.97 Å². The summed E-state index contributed by atoms with van der Waals surface area (Å²) in [7, 11) is 0. The molecule has 0 N–H and O–H groups in total. The van der Waals surface area contributed by atoms with E-state index < -0.39 is 0 Å². The predicted octanol–water partition coefficient (Wildman–Crippen LogP) is 3.13. The van der Waals surface area contributed by atoms with Gasteiger partial charge in [0.1, 0.15) is 6.10 Å². The lowest BCUT2D eigenvalue weighted by Gasteiger charge is -2.22. The van der Waals surface area contributed by atoms with Crippen LogP contribution in [0.1, 0.15) is 31.1 Å². The van der Waals surface area contributed by atoms with E-state index in [9.17, 15) is 0 Å². The quantitative estimate of drug-likeness (QED) is 0.740. The molecule has 0 spiro atoms. The first-order valence-electron chi connectivity index (χ1n) is 4.57. The predicted molar refractivity (Wildman–Crippen MR) is 57.3 cm³/mol. The van der Waals surface area contributed by atoms with Gasteiger partial charge in [-0.05, 0) is 46.8 Å². The second kappa shape index (κ2) is 4.55. The molecule has 2 heterocycles. The monoisotopic (exact) mass is 276 g/mol. The van der Waals surface area contributed by atoms with Crippen LogP contribution < -0.4 is 0 Å². The SMILES string of the molecule is Clc1ncc(Br)c([C@@H]2CCCCO2)n1. The summed E-state index contributed by atoms with van der Waals surface area (Å²) in [5.41, 5.74) is 0.865. The van der Waals surface area contributed by atoms with E-state index in [-0.39, 0.29) is 11.4 Å². The van der Waals surface area contributed by atoms with Crippen molar-refractivity contribution in [2.75, 3.05) is 6.61 Å². The van der Waals surface area contributed by atoms with E-state index in [2.05, 4.69) is 25.9 Å². The van der Waals surface area contributed by atoms with Crippen LogP contribution in [0, 0.1) is 0 Å². The van der Waals surface area contributed by atoms with Crippen LogP contribution in [0.4, 0.5) is 0 Å². The van der Waals surface area contributed by atoms with Crippen LogP contribution >= 0.6 is 27.5 Å². The molecule has 5 heteroatoms. The van der Waals surface area contributed by atoms with Crippen LogP contribution in [0.15, 0.2) is 10.7 Å². The van der Waals surface area contributed by atoms with Crippen LogP contribution in [0.5, 0.6) is 0 Å². The zero-order chi connectivity index (χ0) is 9.97. The molecular formula is C9H10BrClN2O. The summed E-state index contributed by atoms with van der Waals surface area (Å²) in [4.78, 5) is 8.06. The summed E-state index contributed by atoms with van der Waals surface area (Å²) in [5, 5.41) is 0.275. The summed E-state index contributed by atoms with van der Waals surface area (Å²) in [5.74, 6) is 0. The van der Waals surface area contributed by atoms with Crippen molar-refractivity contribution in [2.24, 2.45) is 0 Å². The molecule has 0 bridgehead atoms. The van der Waals surface area contributed by atoms with Gasteiger partial charge in [0.25, 0.3) is 0 Å². The molecule has 76 valence electrons. The van der Waals surface area contributed by atoms with Gasteiger partial charge in [0.05, 0.1) is 10.2 Å². The molecule has 0 aromatic carbocycles. The highest BCUT2D eigenvalue weighted by Crippen LogP contribution is 2.31. The van der Waals surface area contributed by atoms with Crippen molar-refractivity contribution >= 4 is 27.5 Å². The lowest BCUT2D eigenvalue weighted by molar-refractivity contribution is 0.0118. The maximum absolute atomic E-state index is 5.74. The third-order valence-electron chi connectivity index (χ3n) is 2.23. The van der Waals surface area contributed by atoms with Crippen LogP contribution in [0.3, 0.4) is 0 Å². The molecule has 1 aliphatic heterocycles. The molecule has 0 unspecified atom stereocenters. The van der Waals surface area contributed by atoms with Gasteiger partial charge in [-0.1, -0.05) is 0 Å². The van der Waals surface area contributed by atoms with Gasteiger partial charge in [0.15, 0.2) is 0 Å². The van der Waals surface area contributed by atoms with Gasteiger partial charge in [0, 0.05) is 12.8 Å². The van der Waals surface area contributed by atoms with Gasteiger partial charge >= 0.3 is 0 Å². The van der Waals surface area contributed by atoms with Gasteiger partial charge in [-0.2, -0.15) is 0 Å². The standard InChI is InChI=1S/C9H10BrClN2O/c10-6-5-12-9(11)13-8(6)7-3-1-2-4-14-7/h5,7H,1-4H2/t7-/m0/s1. The fraction of sp³-hybridized carbons (Fsp3) is 0.556. The lowest BCUT2D eigenvalue weighted by atomic mass is 10.1. The van der Waals surface area contributed by atoms with Crippen molar-refractivity contribution in [3.8, 4) is 0 Å². The molecule has 2 rings (SSSR count). The molecule has 1 aromatic rings. The number of hydrogen-bond donors (Lipinski definition) is 0. The minimum absolute atomic E-state index is 0.0682. The van der Waals surface area contributed by atoms with E-state index >= 15 is 0 Å². The first kappa shape index (κ1) is 10.3. The average Bonchev–Trinajstić information content (AvgIpc) is 2.23. The Morgan fingerprint density at radius 1 is 1.50 bits per heavy atom. The van der Waals surface area contributed by atoms with Crippen molar-refractivity contribution in [2.45, 2.75) is 25.4 Å². The van der Waals surface area contributed by atoms with Gasteiger partial charge in [-0.15, -0.1) is 0 Å². The van der Waals surface area contributed by atoms with Crippen molar-refractivity contribution in [3.05, 3.63) is 21.6 Å². The third kappa shape index (κ3) is 2.24. The summed E-state index contributed by atoms with van der Waals surface area (Å²) >= 11 is 9.14. The maximum Gasteiger partial charge on any atom is 0.222 e. The minimum Gasteiger partial charge on any atom is -0.372 e. The first-order valence-corrected chi connectivity index (χ1v) is 5.74. The van der Waals surface area contributed by atoms with Crippen LogP contribution in [-0.4, -0.2) is 16.6 Å². The number of rotatable bonds is 1. The van der Waals surface area contributed by atoms with Gasteiger partial charge in [-0.3, -0.25) is 0 Å². The largest absolute Gasteiger partial charge is 0.372 e. The Morgan fingerprint density at radius 2 is 2.36 bits per heavy atom. The number of hydrogen-bond acceptors (Lipinski definition) is 3. The zero-order valence-electron chi connectivity index (χ0n) is 7.54. The first-order chi connectivity index (χ1) is 6.77. The number of halogens is 2. The van der Waals surface area contributed by atoms with E-state index in [1.54, 1.807) is 6.20 Å².